The quantitative estimate of drug-likeness (QED) is 0.858. The molecule has 3 heterocycles. The van der Waals surface area contributed by atoms with Gasteiger partial charge in [0.05, 0.1) is 0 Å². The highest BCUT2D eigenvalue weighted by Gasteiger charge is 2.26. The van der Waals surface area contributed by atoms with Gasteiger partial charge >= 0.3 is 0 Å². The maximum atomic E-state index is 13.1. The van der Waals surface area contributed by atoms with Gasteiger partial charge < -0.3 is 10.2 Å². The molecule has 0 aromatic carbocycles. The molecule has 3 rings (SSSR count). The first-order valence-electron chi connectivity index (χ1n) is 8.22. The van der Waals surface area contributed by atoms with Crippen LogP contribution in [0.25, 0.3) is 0 Å². The number of nitrogens with zero attached hydrogens (tertiary/aromatic N) is 6. The second kappa shape index (κ2) is 7.30. The van der Waals surface area contributed by atoms with Gasteiger partial charge in [-0.05, 0) is 12.5 Å². The molecule has 136 valence electrons. The summed E-state index contributed by atoms with van der Waals surface area (Å²) in [4.78, 5) is 12.7. The first kappa shape index (κ1) is 17.5. The molecule has 0 amide bonds. The lowest BCUT2D eigenvalue weighted by atomic mass is 10.2. The number of anilines is 2. The van der Waals surface area contributed by atoms with Crippen LogP contribution in [0.2, 0.25) is 0 Å². The van der Waals surface area contributed by atoms with Gasteiger partial charge in [-0.1, -0.05) is 0 Å². The highest BCUT2D eigenvalue weighted by molar-refractivity contribution is 5.41. The summed E-state index contributed by atoms with van der Waals surface area (Å²) in [5.41, 5.74) is 0.473. The molecular weight excluding hydrogens is 328 g/mol. The number of alkyl halides is 2. The monoisotopic (exact) mass is 351 g/mol. The Balaban J connectivity index is 1.60. The lowest BCUT2D eigenvalue weighted by Crippen LogP contribution is -2.26. The van der Waals surface area contributed by atoms with Gasteiger partial charge in [0.15, 0.2) is 0 Å². The van der Waals surface area contributed by atoms with Crippen LogP contribution in [-0.2, 0) is 13.6 Å². The fourth-order valence-corrected chi connectivity index (χ4v) is 3.05. The molecule has 1 N–H and O–H groups in total. The van der Waals surface area contributed by atoms with Crippen molar-refractivity contribution in [3.05, 3.63) is 29.7 Å². The highest BCUT2D eigenvalue weighted by Crippen LogP contribution is 2.24. The number of hydrogen-bond acceptors (Lipinski definition) is 6. The van der Waals surface area contributed by atoms with Gasteiger partial charge in [0.2, 0.25) is 5.95 Å². The van der Waals surface area contributed by atoms with Crippen LogP contribution in [0.3, 0.4) is 0 Å². The van der Waals surface area contributed by atoms with Crippen molar-refractivity contribution in [2.75, 3.05) is 37.4 Å². The average molecular weight is 351 g/mol. The molecule has 0 radical (unpaired) electrons. The molecule has 0 bridgehead atoms. The fourth-order valence-electron chi connectivity index (χ4n) is 3.05. The van der Waals surface area contributed by atoms with Crippen molar-refractivity contribution in [3.8, 4) is 0 Å². The summed E-state index contributed by atoms with van der Waals surface area (Å²) in [7, 11) is 5.46. The summed E-state index contributed by atoms with van der Waals surface area (Å²) in [6, 6.07) is 2.07. The van der Waals surface area contributed by atoms with Crippen molar-refractivity contribution < 1.29 is 8.78 Å². The molecule has 1 atom stereocenters. The second-order valence-corrected chi connectivity index (χ2v) is 6.52. The molecule has 2 aromatic heterocycles. The number of hydrogen-bond donors (Lipinski definition) is 1. The third kappa shape index (κ3) is 4.22. The smallest absolute Gasteiger partial charge is 0.282 e. The topological polar surface area (TPSA) is 62.1 Å². The Morgan fingerprint density at radius 3 is 2.92 bits per heavy atom. The molecule has 9 heteroatoms. The van der Waals surface area contributed by atoms with Crippen LogP contribution in [0.1, 0.15) is 24.1 Å². The predicted octanol–water partition coefficient (Wildman–Crippen LogP) is 1.90. The number of aryl methyl sites for hydroxylation is 1. The van der Waals surface area contributed by atoms with E-state index in [0.29, 0.717) is 18.1 Å². The highest BCUT2D eigenvalue weighted by atomic mass is 19.3. The largest absolute Gasteiger partial charge is 0.366 e. The lowest BCUT2D eigenvalue weighted by Gasteiger charge is -2.17. The normalized spacial score (nSPS) is 18.1. The number of nitrogens with one attached hydrogen (secondary N) is 1. The molecule has 1 aliphatic rings. The standard InChI is InChI=1S/C16H23F2N7/c1-23(2)16-19-6-4-13(21-16)20-12-5-7-25(10-12)9-11-8-24(3)22-14(11)15(17)18/h4,6,8,12,15H,5,7,9-10H2,1-3H3,(H,19,20,21). The summed E-state index contributed by atoms with van der Waals surface area (Å²) in [5.74, 6) is 1.43. The molecule has 1 unspecified atom stereocenters. The zero-order chi connectivity index (χ0) is 18.0. The minimum Gasteiger partial charge on any atom is -0.366 e. The molecule has 1 aliphatic heterocycles. The van der Waals surface area contributed by atoms with E-state index in [1.807, 2.05) is 25.1 Å². The van der Waals surface area contributed by atoms with Crippen molar-refractivity contribution in [2.45, 2.75) is 25.4 Å². The number of aromatic nitrogens is 4. The summed E-state index contributed by atoms with van der Waals surface area (Å²) >= 11 is 0. The second-order valence-electron chi connectivity index (χ2n) is 6.52. The van der Waals surface area contributed by atoms with Gasteiger partial charge in [-0.2, -0.15) is 10.1 Å². The van der Waals surface area contributed by atoms with Gasteiger partial charge in [0.1, 0.15) is 11.5 Å². The zero-order valence-corrected chi connectivity index (χ0v) is 14.7. The summed E-state index contributed by atoms with van der Waals surface area (Å²) in [6.45, 7) is 2.11. The van der Waals surface area contributed by atoms with Crippen LogP contribution in [0, 0.1) is 0 Å². The Bertz CT molecular complexity index is 716. The van der Waals surface area contributed by atoms with Crippen molar-refractivity contribution in [3.63, 3.8) is 0 Å². The Kier molecular flexibility index (Phi) is 5.12. The van der Waals surface area contributed by atoms with E-state index in [2.05, 4.69) is 25.3 Å². The minimum atomic E-state index is -2.54. The molecule has 2 aromatic rings. The molecule has 0 aliphatic carbocycles. The molecule has 1 saturated heterocycles. The van der Waals surface area contributed by atoms with E-state index in [0.717, 1.165) is 25.3 Å². The number of rotatable bonds is 6. The molecule has 0 saturated carbocycles. The van der Waals surface area contributed by atoms with Gasteiger partial charge in [0, 0.05) is 64.8 Å². The van der Waals surface area contributed by atoms with Crippen LogP contribution in [-0.4, -0.2) is 57.9 Å². The van der Waals surface area contributed by atoms with Gasteiger partial charge in [0.25, 0.3) is 6.43 Å². The maximum absolute atomic E-state index is 13.1. The SMILES string of the molecule is CN(C)c1nccc(NC2CCN(Cc3cn(C)nc3C(F)F)C2)n1. The van der Waals surface area contributed by atoms with Crippen molar-refractivity contribution in [2.24, 2.45) is 7.05 Å². The van der Waals surface area contributed by atoms with Crippen molar-refractivity contribution in [1.82, 2.24) is 24.6 Å². The third-order valence-electron chi connectivity index (χ3n) is 4.21. The Hall–Kier alpha value is -2.29. The van der Waals surface area contributed by atoms with Crippen LogP contribution in [0.4, 0.5) is 20.5 Å². The van der Waals surface area contributed by atoms with E-state index in [1.165, 1.54) is 4.68 Å². The zero-order valence-electron chi connectivity index (χ0n) is 14.7. The van der Waals surface area contributed by atoms with Crippen LogP contribution < -0.4 is 10.2 Å². The van der Waals surface area contributed by atoms with E-state index < -0.39 is 6.43 Å². The van der Waals surface area contributed by atoms with E-state index in [1.54, 1.807) is 19.4 Å². The predicted molar refractivity (Wildman–Crippen MR) is 91.8 cm³/mol. The van der Waals surface area contributed by atoms with E-state index in [4.69, 9.17) is 0 Å². The summed E-state index contributed by atoms with van der Waals surface area (Å²) < 4.78 is 27.6. The Morgan fingerprint density at radius 2 is 2.20 bits per heavy atom. The van der Waals surface area contributed by atoms with Crippen molar-refractivity contribution >= 4 is 11.8 Å². The Labute approximate surface area is 145 Å². The van der Waals surface area contributed by atoms with Crippen LogP contribution >= 0.6 is 0 Å². The molecule has 0 spiro atoms. The van der Waals surface area contributed by atoms with Gasteiger partial charge in [-0.25, -0.2) is 13.8 Å². The Morgan fingerprint density at radius 1 is 1.40 bits per heavy atom. The fraction of sp³-hybridized carbons (Fsp3) is 0.562. The summed E-state index contributed by atoms with van der Waals surface area (Å²) in [5, 5.41) is 7.27. The molecular formula is C16H23F2N7. The van der Waals surface area contributed by atoms with Gasteiger partial charge in [-0.15, -0.1) is 0 Å². The van der Waals surface area contributed by atoms with Crippen LogP contribution in [0.5, 0.6) is 0 Å². The first-order valence-corrected chi connectivity index (χ1v) is 8.22. The van der Waals surface area contributed by atoms with E-state index in [9.17, 15) is 8.78 Å². The van der Waals surface area contributed by atoms with Gasteiger partial charge in [-0.3, -0.25) is 9.58 Å². The van der Waals surface area contributed by atoms with E-state index in [-0.39, 0.29) is 11.7 Å². The molecule has 25 heavy (non-hydrogen) atoms. The lowest BCUT2D eigenvalue weighted by molar-refractivity contribution is 0.143. The van der Waals surface area contributed by atoms with Crippen LogP contribution in [0.15, 0.2) is 18.5 Å². The maximum Gasteiger partial charge on any atom is 0.282 e. The van der Waals surface area contributed by atoms with E-state index >= 15 is 0 Å². The van der Waals surface area contributed by atoms with Crippen molar-refractivity contribution in [1.29, 1.82) is 0 Å². The molecule has 7 nitrogen and oxygen atoms in total. The number of halogens is 2. The summed E-state index contributed by atoms with van der Waals surface area (Å²) in [6.07, 6.45) is 1.79. The molecule has 1 fully saturated rings. The number of likely N-dealkylation sites (tertiary alicyclic amines) is 1. The first-order chi connectivity index (χ1) is 11.9. The third-order valence-corrected chi connectivity index (χ3v) is 4.21. The average Bonchev–Trinajstić information content (AvgIpc) is 3.14. The minimum absolute atomic E-state index is 0.120.